The molecule has 0 unspecified atom stereocenters. The first-order valence-electron chi connectivity index (χ1n) is 23.3. The standard InChI is InChI=1S/C60H36B2N2O5/c1-5-17-37(18-6-1)63-49-35-55-43(33-47(49)61-45-25-13-15-27-53(45)67-57-31-41(29-51(63)59(57)61)65-39-21-9-3-10-22-39)44-34-48-50(36-56(44)69-55)64(38-19-7-2-8-20-38)52-30-42(66-40-23-11-4-12-24-40)32-58-60(52)62(48)46-26-14-16-28-54(46)68-58/h1-36H. The molecule has 0 N–H and O–H groups in total. The van der Waals surface area contributed by atoms with Crippen molar-refractivity contribution in [2.24, 2.45) is 0 Å². The number of rotatable bonds is 6. The van der Waals surface area contributed by atoms with Crippen LogP contribution in [-0.2, 0) is 0 Å². The van der Waals surface area contributed by atoms with Crippen LogP contribution in [0.15, 0.2) is 223 Å². The zero-order valence-corrected chi connectivity index (χ0v) is 36.9. The fourth-order valence-corrected chi connectivity index (χ4v) is 11.2. The van der Waals surface area contributed by atoms with Crippen LogP contribution < -0.4 is 61.5 Å². The Morgan fingerprint density at radius 3 is 1.14 bits per heavy atom. The molecule has 15 rings (SSSR count). The van der Waals surface area contributed by atoms with Crippen molar-refractivity contribution in [1.29, 1.82) is 0 Å². The summed E-state index contributed by atoms with van der Waals surface area (Å²) in [6.45, 7) is -0.268. The first kappa shape index (κ1) is 38.1. The first-order valence-corrected chi connectivity index (χ1v) is 23.3. The van der Waals surface area contributed by atoms with E-state index in [1.165, 1.54) is 0 Å². The lowest BCUT2D eigenvalue weighted by Gasteiger charge is -2.40. The number of hydrogen-bond donors (Lipinski definition) is 0. The highest BCUT2D eigenvalue weighted by Gasteiger charge is 2.45. The van der Waals surface area contributed by atoms with Gasteiger partial charge in [0.2, 0.25) is 0 Å². The van der Waals surface area contributed by atoms with Gasteiger partial charge in [-0.2, -0.15) is 0 Å². The van der Waals surface area contributed by atoms with Gasteiger partial charge in [0.1, 0.15) is 57.2 Å². The SMILES string of the molecule is c1ccc(Oc2cc3c4c(c2)N(c2ccccc2)c2cc5oc6cc7c(cc6c5cc2B4c2ccccc2O3)B2c3ccccc3Oc3cc(Oc4ccccc4)cc(c32)N7c2ccccc2)cc1. The van der Waals surface area contributed by atoms with E-state index in [0.29, 0.717) is 11.5 Å². The third kappa shape index (κ3) is 5.83. The second kappa shape index (κ2) is 14.7. The van der Waals surface area contributed by atoms with Gasteiger partial charge in [-0.1, -0.05) is 121 Å². The molecular formula is C60H36B2N2O5. The van der Waals surface area contributed by atoms with Crippen LogP contribution >= 0.6 is 0 Å². The third-order valence-corrected chi connectivity index (χ3v) is 14.0. The molecule has 9 heteroatoms. The molecule has 322 valence electrons. The molecular weight excluding hydrogens is 850 g/mol. The Labute approximate surface area is 398 Å². The molecule has 4 aliphatic heterocycles. The predicted octanol–water partition coefficient (Wildman–Crippen LogP) is 12.0. The predicted molar refractivity (Wildman–Crippen MR) is 278 cm³/mol. The number of ether oxygens (including phenoxy) is 4. The van der Waals surface area contributed by atoms with Crippen molar-refractivity contribution in [3.8, 4) is 46.0 Å². The molecule has 11 aromatic rings. The van der Waals surface area contributed by atoms with E-state index in [2.05, 4.69) is 143 Å². The summed E-state index contributed by atoms with van der Waals surface area (Å²) in [6.07, 6.45) is 0. The maximum atomic E-state index is 7.13. The van der Waals surface area contributed by atoms with Crippen LogP contribution in [0.2, 0.25) is 0 Å². The Morgan fingerprint density at radius 1 is 0.319 bits per heavy atom. The number of furan rings is 1. The number of para-hydroxylation sites is 6. The summed E-state index contributed by atoms with van der Waals surface area (Å²) in [5.41, 5.74) is 14.4. The molecule has 0 spiro atoms. The van der Waals surface area contributed by atoms with E-state index in [1.54, 1.807) is 0 Å². The molecule has 0 amide bonds. The summed E-state index contributed by atoms with van der Waals surface area (Å²) in [4.78, 5) is 4.67. The maximum absolute atomic E-state index is 7.13. The maximum Gasteiger partial charge on any atom is 0.256 e. The molecule has 0 fully saturated rings. The van der Waals surface area contributed by atoms with Crippen molar-refractivity contribution >= 4 is 102 Å². The zero-order chi connectivity index (χ0) is 45.2. The molecule has 69 heavy (non-hydrogen) atoms. The first-order chi connectivity index (χ1) is 34.2. The number of benzene rings is 10. The molecule has 4 aliphatic rings. The van der Waals surface area contributed by atoms with Gasteiger partial charge < -0.3 is 33.2 Å². The summed E-state index contributed by atoms with van der Waals surface area (Å²) in [5.74, 6) is 6.07. The topological polar surface area (TPSA) is 56.5 Å². The van der Waals surface area contributed by atoms with Gasteiger partial charge in [-0.15, -0.1) is 0 Å². The summed E-state index contributed by atoms with van der Waals surface area (Å²) < 4.78 is 34.0. The number of fused-ring (bicyclic) bond motifs is 11. The molecule has 0 saturated heterocycles. The van der Waals surface area contributed by atoms with Crippen molar-refractivity contribution in [3.05, 3.63) is 218 Å². The Morgan fingerprint density at radius 2 is 0.710 bits per heavy atom. The van der Waals surface area contributed by atoms with Crippen LogP contribution in [0, 0.1) is 0 Å². The van der Waals surface area contributed by atoms with E-state index in [-0.39, 0.29) is 13.4 Å². The minimum atomic E-state index is -0.134. The molecule has 1 aromatic heterocycles. The summed E-state index contributed by atoms with van der Waals surface area (Å²) in [7, 11) is 0. The third-order valence-electron chi connectivity index (χ3n) is 14.0. The fourth-order valence-electron chi connectivity index (χ4n) is 11.2. The van der Waals surface area contributed by atoms with Gasteiger partial charge in [-0.05, 0) is 93.4 Å². The van der Waals surface area contributed by atoms with Gasteiger partial charge in [-0.25, -0.2) is 0 Å². The van der Waals surface area contributed by atoms with Gasteiger partial charge in [0.05, 0.1) is 0 Å². The van der Waals surface area contributed by atoms with Crippen molar-refractivity contribution in [1.82, 2.24) is 0 Å². The van der Waals surface area contributed by atoms with Crippen molar-refractivity contribution in [2.75, 3.05) is 9.80 Å². The average molecular weight is 887 g/mol. The summed E-state index contributed by atoms with van der Waals surface area (Å²) >= 11 is 0. The van der Waals surface area contributed by atoms with Crippen LogP contribution in [0.4, 0.5) is 34.1 Å². The van der Waals surface area contributed by atoms with E-state index in [0.717, 1.165) is 123 Å². The van der Waals surface area contributed by atoms with Crippen LogP contribution in [0.3, 0.4) is 0 Å². The second-order valence-electron chi connectivity index (χ2n) is 17.9. The van der Waals surface area contributed by atoms with Crippen LogP contribution in [0.1, 0.15) is 0 Å². The average Bonchev–Trinajstić information content (AvgIpc) is 3.74. The van der Waals surface area contributed by atoms with Gasteiger partial charge in [-0.3, -0.25) is 0 Å². The highest BCUT2D eigenvalue weighted by Crippen LogP contribution is 2.48. The number of anilines is 6. The molecule has 0 atom stereocenters. The molecule has 0 radical (unpaired) electrons. The molecule has 5 heterocycles. The summed E-state index contributed by atoms with van der Waals surface area (Å²) in [5, 5.41) is 2.09. The smallest absolute Gasteiger partial charge is 0.256 e. The molecule has 0 bridgehead atoms. The highest BCUT2D eigenvalue weighted by atomic mass is 16.5. The van der Waals surface area contributed by atoms with Crippen molar-refractivity contribution in [2.45, 2.75) is 0 Å². The van der Waals surface area contributed by atoms with Gasteiger partial charge >= 0.3 is 0 Å². The van der Waals surface area contributed by atoms with E-state index >= 15 is 0 Å². The largest absolute Gasteiger partial charge is 0.458 e. The highest BCUT2D eigenvalue weighted by molar-refractivity contribution is 7.00. The normalized spacial score (nSPS) is 13.3. The molecule has 0 saturated carbocycles. The van der Waals surface area contributed by atoms with Crippen LogP contribution in [0.25, 0.3) is 21.9 Å². The Hall–Kier alpha value is -9.07. The lowest BCUT2D eigenvalue weighted by molar-refractivity contribution is 0.462. The summed E-state index contributed by atoms with van der Waals surface area (Å²) in [6, 6.07) is 75.3. The second-order valence-corrected chi connectivity index (χ2v) is 17.9. The minimum absolute atomic E-state index is 0.134. The van der Waals surface area contributed by atoms with E-state index in [4.69, 9.17) is 23.4 Å². The van der Waals surface area contributed by atoms with Gasteiger partial charge in [0.15, 0.2) is 0 Å². The van der Waals surface area contributed by atoms with Crippen molar-refractivity contribution < 1.29 is 23.4 Å². The van der Waals surface area contributed by atoms with Crippen LogP contribution in [0.5, 0.6) is 46.0 Å². The van der Waals surface area contributed by atoms with E-state index in [1.807, 2.05) is 84.9 Å². The monoisotopic (exact) mass is 886 g/mol. The Kier molecular flexibility index (Phi) is 8.12. The Balaban J connectivity index is 0.979. The molecule has 10 aromatic carbocycles. The van der Waals surface area contributed by atoms with Crippen LogP contribution in [-0.4, -0.2) is 13.4 Å². The lowest BCUT2D eigenvalue weighted by Crippen LogP contribution is -2.59. The van der Waals surface area contributed by atoms with E-state index < -0.39 is 0 Å². The minimum Gasteiger partial charge on any atom is -0.458 e. The quantitative estimate of drug-likeness (QED) is 0.154. The van der Waals surface area contributed by atoms with Crippen molar-refractivity contribution in [3.63, 3.8) is 0 Å². The van der Waals surface area contributed by atoms with E-state index in [9.17, 15) is 0 Å². The Bertz CT molecular complexity index is 3630. The number of hydrogen-bond acceptors (Lipinski definition) is 7. The molecule has 0 aliphatic carbocycles. The number of nitrogens with zero attached hydrogens (tertiary/aromatic N) is 2. The molecule has 7 nitrogen and oxygen atoms in total. The fraction of sp³-hybridized carbons (Fsp3) is 0. The lowest BCUT2D eigenvalue weighted by atomic mass is 9.34. The van der Waals surface area contributed by atoms with Gasteiger partial charge in [0.25, 0.3) is 13.4 Å². The zero-order valence-electron chi connectivity index (χ0n) is 36.9. The van der Waals surface area contributed by atoms with Gasteiger partial charge in [0, 0.05) is 81.3 Å².